The number of hydrogen-bond acceptors (Lipinski definition) is 5. The normalized spacial score (nSPS) is 11.7. The van der Waals surface area contributed by atoms with Crippen LogP contribution in [0, 0.1) is 0 Å². The van der Waals surface area contributed by atoms with Crippen LogP contribution < -0.4 is 10.5 Å². The molecule has 1 aromatic carbocycles. The molecule has 0 unspecified atom stereocenters. The molecule has 0 saturated carbocycles. The van der Waals surface area contributed by atoms with E-state index in [4.69, 9.17) is 5.14 Å². The van der Waals surface area contributed by atoms with Gasteiger partial charge < -0.3 is 5.32 Å². The van der Waals surface area contributed by atoms with Gasteiger partial charge >= 0.3 is 0 Å². The summed E-state index contributed by atoms with van der Waals surface area (Å²) in [6.07, 6.45) is 0. The van der Waals surface area contributed by atoms with Crippen molar-refractivity contribution in [1.29, 1.82) is 0 Å². The molecule has 0 bridgehead atoms. The fourth-order valence-corrected chi connectivity index (χ4v) is 4.18. The molecule has 0 spiro atoms. The molecule has 9 heteroatoms. The number of carbonyl (C=O) groups excluding carboxylic acids is 1. The lowest BCUT2D eigenvalue weighted by atomic mass is 10.3. The second-order valence-corrected chi connectivity index (χ2v) is 9.24. The molecule has 1 amide bonds. The average Bonchev–Trinajstić information content (AvgIpc) is 2.91. The summed E-state index contributed by atoms with van der Waals surface area (Å²) < 4.78 is 23.8. The van der Waals surface area contributed by atoms with E-state index in [1.165, 1.54) is 18.2 Å². The fraction of sp³-hybridized carbons (Fsp3) is 0.267. The van der Waals surface area contributed by atoms with Crippen molar-refractivity contribution in [3.63, 3.8) is 0 Å². The summed E-state index contributed by atoms with van der Waals surface area (Å²) in [7, 11) is -3.79. The minimum absolute atomic E-state index is 0.0314. The van der Waals surface area contributed by atoms with Crippen molar-refractivity contribution in [2.75, 3.05) is 18.4 Å². The molecule has 6 nitrogen and oxygen atoms in total. The van der Waals surface area contributed by atoms with Gasteiger partial charge in [0.1, 0.15) is 0 Å². The predicted molar refractivity (Wildman–Crippen MR) is 99.4 cm³/mol. The van der Waals surface area contributed by atoms with Crippen LogP contribution in [-0.2, 0) is 21.4 Å². The Kier molecular flexibility index (Phi) is 6.53. The highest BCUT2D eigenvalue weighted by Gasteiger charge is 2.13. The van der Waals surface area contributed by atoms with E-state index < -0.39 is 10.0 Å². The van der Waals surface area contributed by atoms with Crippen molar-refractivity contribution in [3.05, 3.63) is 45.1 Å². The van der Waals surface area contributed by atoms with E-state index in [0.29, 0.717) is 12.2 Å². The molecule has 130 valence electrons. The third kappa shape index (κ3) is 5.67. The molecule has 3 N–H and O–H groups in total. The Labute approximate surface area is 153 Å². The Balaban J connectivity index is 1.99. The highest BCUT2D eigenvalue weighted by molar-refractivity contribution is 9.11. The second-order valence-electron chi connectivity index (χ2n) is 5.13. The molecule has 2 rings (SSSR count). The van der Waals surface area contributed by atoms with E-state index >= 15 is 0 Å². The number of likely N-dealkylation sites (N-methyl/N-ethyl adjacent to an activating group) is 1. The van der Waals surface area contributed by atoms with Crippen LogP contribution in [0.2, 0.25) is 0 Å². The van der Waals surface area contributed by atoms with Crippen molar-refractivity contribution in [1.82, 2.24) is 4.90 Å². The van der Waals surface area contributed by atoms with Gasteiger partial charge in [0.15, 0.2) is 0 Å². The van der Waals surface area contributed by atoms with E-state index in [-0.39, 0.29) is 17.3 Å². The fourth-order valence-electron chi connectivity index (χ4n) is 2.09. The van der Waals surface area contributed by atoms with Gasteiger partial charge in [-0.05, 0) is 52.8 Å². The van der Waals surface area contributed by atoms with E-state index in [0.717, 1.165) is 15.2 Å². The van der Waals surface area contributed by atoms with Gasteiger partial charge in [-0.25, -0.2) is 13.6 Å². The molecule has 0 fully saturated rings. The van der Waals surface area contributed by atoms with Crippen molar-refractivity contribution in [2.45, 2.75) is 18.4 Å². The second kappa shape index (κ2) is 8.21. The molecule has 0 atom stereocenters. The first-order valence-electron chi connectivity index (χ1n) is 7.17. The van der Waals surface area contributed by atoms with Gasteiger partial charge in [-0.15, -0.1) is 11.3 Å². The summed E-state index contributed by atoms with van der Waals surface area (Å²) >= 11 is 5.05. The zero-order valence-corrected chi connectivity index (χ0v) is 16.2. The Hall–Kier alpha value is -1.26. The van der Waals surface area contributed by atoms with E-state index in [1.54, 1.807) is 17.4 Å². The third-order valence-electron chi connectivity index (χ3n) is 3.27. The smallest absolute Gasteiger partial charge is 0.238 e. The average molecular weight is 432 g/mol. The number of sulfonamides is 1. The monoisotopic (exact) mass is 431 g/mol. The maximum Gasteiger partial charge on any atom is 0.238 e. The molecule has 24 heavy (non-hydrogen) atoms. The topological polar surface area (TPSA) is 92.5 Å². The van der Waals surface area contributed by atoms with E-state index in [2.05, 4.69) is 21.2 Å². The number of thiophene rings is 1. The number of carbonyl (C=O) groups is 1. The lowest BCUT2D eigenvalue weighted by molar-refractivity contribution is -0.117. The lowest BCUT2D eigenvalue weighted by Crippen LogP contribution is -2.32. The van der Waals surface area contributed by atoms with E-state index in [1.807, 2.05) is 24.0 Å². The number of rotatable bonds is 7. The number of anilines is 1. The summed E-state index contributed by atoms with van der Waals surface area (Å²) in [6.45, 7) is 3.60. The van der Waals surface area contributed by atoms with Crippen molar-refractivity contribution in [3.8, 4) is 0 Å². The van der Waals surface area contributed by atoms with Gasteiger partial charge in [-0.2, -0.15) is 0 Å². The van der Waals surface area contributed by atoms with Crippen LogP contribution in [0.3, 0.4) is 0 Å². The van der Waals surface area contributed by atoms with Gasteiger partial charge in [0.2, 0.25) is 15.9 Å². The largest absolute Gasteiger partial charge is 0.325 e. The first-order valence-corrected chi connectivity index (χ1v) is 10.3. The van der Waals surface area contributed by atoms with Crippen LogP contribution in [0.5, 0.6) is 0 Å². The van der Waals surface area contributed by atoms with Gasteiger partial charge in [0.25, 0.3) is 0 Å². The van der Waals surface area contributed by atoms with Crippen LogP contribution in [0.25, 0.3) is 0 Å². The lowest BCUT2D eigenvalue weighted by Gasteiger charge is -2.19. The Morgan fingerprint density at radius 3 is 2.67 bits per heavy atom. The Bertz CT molecular complexity index is 821. The molecule has 2 aromatic rings. The molecule has 0 radical (unpaired) electrons. The zero-order valence-electron chi connectivity index (χ0n) is 13.0. The third-order valence-corrected chi connectivity index (χ3v) is 5.79. The van der Waals surface area contributed by atoms with Crippen LogP contribution >= 0.6 is 27.3 Å². The highest BCUT2D eigenvalue weighted by atomic mass is 79.9. The molecule has 0 aliphatic carbocycles. The van der Waals surface area contributed by atoms with Crippen LogP contribution in [0.4, 0.5) is 5.69 Å². The molecular weight excluding hydrogens is 414 g/mol. The number of halogens is 1. The number of benzene rings is 1. The van der Waals surface area contributed by atoms with E-state index in [9.17, 15) is 13.2 Å². The van der Waals surface area contributed by atoms with Crippen molar-refractivity contribution in [2.24, 2.45) is 5.14 Å². The van der Waals surface area contributed by atoms with Gasteiger partial charge in [0.05, 0.1) is 15.2 Å². The van der Waals surface area contributed by atoms with Crippen LogP contribution in [0.1, 0.15) is 11.8 Å². The maximum atomic E-state index is 12.2. The van der Waals surface area contributed by atoms with Gasteiger partial charge in [-0.3, -0.25) is 9.69 Å². The predicted octanol–water partition coefficient (Wildman–Crippen LogP) is 2.62. The number of nitrogens with two attached hydrogens (primary N) is 1. The number of amides is 1. The van der Waals surface area contributed by atoms with Crippen molar-refractivity contribution >= 4 is 48.9 Å². The number of nitrogens with zero attached hydrogens (tertiary/aromatic N) is 1. The summed E-state index contributed by atoms with van der Waals surface area (Å²) in [6, 6.07) is 9.89. The standard InChI is InChI=1S/C15H18BrN3O3S2/c1-2-19(9-12-6-7-14(16)23-12)10-15(20)18-11-4-3-5-13(8-11)24(17,21)22/h3-8H,2,9-10H2,1H3,(H,18,20)(H2,17,21,22). The summed E-state index contributed by atoms with van der Waals surface area (Å²) in [4.78, 5) is 15.3. The minimum atomic E-state index is -3.79. The molecular formula is C15H18BrN3O3S2. The quantitative estimate of drug-likeness (QED) is 0.704. The summed E-state index contributed by atoms with van der Waals surface area (Å²) in [5, 5.41) is 7.80. The molecule has 0 aliphatic heterocycles. The number of hydrogen-bond donors (Lipinski definition) is 2. The highest BCUT2D eigenvalue weighted by Crippen LogP contribution is 2.23. The first-order chi connectivity index (χ1) is 11.3. The molecule has 0 saturated heterocycles. The SMILES string of the molecule is CCN(CC(=O)Nc1cccc(S(N)(=O)=O)c1)Cc1ccc(Br)s1. The number of nitrogens with one attached hydrogen (secondary N) is 1. The maximum absolute atomic E-state index is 12.2. The first kappa shape index (κ1) is 19.1. The van der Waals surface area contributed by atoms with Crippen molar-refractivity contribution < 1.29 is 13.2 Å². The molecule has 0 aliphatic rings. The Morgan fingerprint density at radius 1 is 1.33 bits per heavy atom. The van der Waals surface area contributed by atoms with Gasteiger partial charge in [0, 0.05) is 17.1 Å². The summed E-state index contributed by atoms with van der Waals surface area (Å²) in [5.74, 6) is -0.209. The zero-order chi connectivity index (χ0) is 17.7. The van der Waals surface area contributed by atoms with Crippen LogP contribution in [0.15, 0.2) is 45.1 Å². The number of primary sulfonamides is 1. The van der Waals surface area contributed by atoms with Crippen LogP contribution in [-0.4, -0.2) is 32.3 Å². The molecule has 1 aromatic heterocycles. The molecule has 1 heterocycles. The minimum Gasteiger partial charge on any atom is -0.325 e. The summed E-state index contributed by atoms with van der Waals surface area (Å²) in [5.41, 5.74) is 0.404. The Morgan fingerprint density at radius 2 is 2.08 bits per heavy atom. The van der Waals surface area contributed by atoms with Gasteiger partial charge in [-0.1, -0.05) is 13.0 Å².